The van der Waals surface area contributed by atoms with E-state index in [1.807, 2.05) is 55.4 Å². The maximum atomic E-state index is 5.44. The quantitative estimate of drug-likeness (QED) is 0.471. The van der Waals surface area contributed by atoms with Gasteiger partial charge in [0.1, 0.15) is 26.4 Å². The van der Waals surface area contributed by atoms with Crippen molar-refractivity contribution in [2.45, 2.75) is 77.5 Å². The number of hydrogen-bond donors (Lipinski definition) is 0. The number of rotatable bonds is 2. The van der Waals surface area contributed by atoms with E-state index in [9.17, 15) is 0 Å². The number of ether oxygens (including phenoxy) is 4. The Labute approximate surface area is 200 Å². The fourth-order valence-electron chi connectivity index (χ4n) is 2.78. The molecule has 0 N–H and O–H groups in total. The normalized spacial score (nSPS) is 25.7. The zero-order chi connectivity index (χ0) is 23.5. The molecule has 178 valence electrons. The number of hydrogen-bond acceptors (Lipinski definition) is 8. The van der Waals surface area contributed by atoms with Crippen molar-refractivity contribution in [3.63, 3.8) is 0 Å². The van der Waals surface area contributed by atoms with Gasteiger partial charge in [0.15, 0.2) is 0 Å². The SMILES string of the molecule is CC1(C)COC(C2=NC(C)(C)CO2)=N1.CC1(C)COC(C2=NC(C)(C)CO2)=N1.[Cl][Ru][Cl]. The maximum absolute atomic E-state index is 5.44. The molecule has 8 nitrogen and oxygen atoms in total. The molecule has 0 aromatic carbocycles. The van der Waals surface area contributed by atoms with Gasteiger partial charge < -0.3 is 18.9 Å². The molecule has 0 atom stereocenters. The molecule has 11 heteroatoms. The van der Waals surface area contributed by atoms with E-state index in [2.05, 4.69) is 20.0 Å². The summed E-state index contributed by atoms with van der Waals surface area (Å²) >= 11 is -0.346. The van der Waals surface area contributed by atoms with Crippen molar-refractivity contribution < 1.29 is 34.1 Å². The molecular formula is C20H32Cl2N4O4Ru. The molecule has 0 aliphatic carbocycles. The van der Waals surface area contributed by atoms with E-state index < -0.39 is 0 Å². The first-order valence-corrected chi connectivity index (χ1v) is 14.4. The van der Waals surface area contributed by atoms with Crippen molar-refractivity contribution in [2.75, 3.05) is 26.4 Å². The first-order valence-electron chi connectivity index (χ1n) is 9.94. The molecule has 31 heavy (non-hydrogen) atoms. The second kappa shape index (κ2) is 9.92. The Bertz CT molecular complexity index is 664. The van der Waals surface area contributed by atoms with Gasteiger partial charge in [0.25, 0.3) is 23.6 Å². The van der Waals surface area contributed by atoms with Crippen molar-refractivity contribution in [1.29, 1.82) is 0 Å². The van der Waals surface area contributed by atoms with Crippen LogP contribution in [-0.2, 0) is 34.1 Å². The standard InChI is InChI=1S/2C10H16N2O2.2ClH.Ru/c2*1-9(2)5-13-7(11-9)8-12-10(3,4)6-14-8;;;/h2*5-6H2,1-4H3;2*1H;/q;;;;+2/p-2. The van der Waals surface area contributed by atoms with Crippen molar-refractivity contribution in [3.05, 3.63) is 0 Å². The topological polar surface area (TPSA) is 86.4 Å². The molecule has 4 rings (SSSR count). The van der Waals surface area contributed by atoms with Crippen LogP contribution in [0.5, 0.6) is 0 Å². The Balaban J connectivity index is 0.000000196. The molecule has 0 aromatic rings. The molecule has 0 bridgehead atoms. The van der Waals surface area contributed by atoms with Crippen LogP contribution in [0.25, 0.3) is 0 Å². The first kappa shape index (κ1) is 26.3. The van der Waals surface area contributed by atoms with Crippen LogP contribution in [0.3, 0.4) is 0 Å². The Morgan fingerprint density at radius 1 is 0.516 bits per heavy atom. The van der Waals surface area contributed by atoms with Crippen molar-refractivity contribution in [1.82, 2.24) is 0 Å². The van der Waals surface area contributed by atoms with Crippen LogP contribution >= 0.6 is 19.4 Å². The third-order valence-electron chi connectivity index (χ3n) is 4.23. The van der Waals surface area contributed by atoms with Crippen LogP contribution in [-0.4, -0.2) is 72.2 Å². The van der Waals surface area contributed by atoms with Gasteiger partial charge in [-0.2, -0.15) is 0 Å². The van der Waals surface area contributed by atoms with E-state index in [0.717, 1.165) is 0 Å². The predicted octanol–water partition coefficient (Wildman–Crippen LogP) is 4.18. The second-order valence-corrected chi connectivity index (χ2v) is 12.8. The molecule has 0 saturated carbocycles. The van der Waals surface area contributed by atoms with Crippen LogP contribution in [0.15, 0.2) is 20.0 Å². The zero-order valence-electron chi connectivity index (χ0n) is 19.4. The molecular weight excluding hydrogens is 532 g/mol. The Hall–Kier alpha value is -0.917. The summed E-state index contributed by atoms with van der Waals surface area (Å²) in [6.07, 6.45) is 0. The van der Waals surface area contributed by atoms with Crippen molar-refractivity contribution in [3.8, 4) is 0 Å². The molecule has 4 aliphatic rings. The summed E-state index contributed by atoms with van der Waals surface area (Å²) in [5.74, 6) is 2.22. The Morgan fingerprint density at radius 2 is 0.677 bits per heavy atom. The zero-order valence-corrected chi connectivity index (χ0v) is 22.6. The third kappa shape index (κ3) is 8.18. The fraction of sp³-hybridized carbons (Fsp3) is 0.800. The van der Waals surface area contributed by atoms with Gasteiger partial charge in [0, 0.05) is 0 Å². The summed E-state index contributed by atoms with van der Waals surface area (Å²) in [6.45, 7) is 18.6. The minimum absolute atomic E-state index is 0.145. The van der Waals surface area contributed by atoms with Gasteiger partial charge in [-0.25, -0.2) is 20.0 Å². The van der Waals surface area contributed by atoms with E-state index in [1.165, 1.54) is 0 Å². The molecule has 0 saturated heterocycles. The predicted molar refractivity (Wildman–Crippen MR) is 122 cm³/mol. The third-order valence-corrected chi connectivity index (χ3v) is 4.23. The van der Waals surface area contributed by atoms with Gasteiger partial charge in [-0.3, -0.25) is 0 Å². The Morgan fingerprint density at radius 3 is 0.774 bits per heavy atom. The summed E-state index contributed by atoms with van der Waals surface area (Å²) in [6, 6.07) is 0. The fourth-order valence-corrected chi connectivity index (χ4v) is 2.78. The average molecular weight is 564 g/mol. The molecule has 0 amide bonds. The molecule has 4 heterocycles. The first-order chi connectivity index (χ1) is 14.2. The van der Waals surface area contributed by atoms with Gasteiger partial charge in [-0.1, -0.05) is 0 Å². The van der Waals surface area contributed by atoms with Crippen molar-refractivity contribution >= 4 is 43.0 Å². The van der Waals surface area contributed by atoms with E-state index >= 15 is 0 Å². The summed E-state index contributed by atoms with van der Waals surface area (Å²) in [4.78, 5) is 17.6. The van der Waals surface area contributed by atoms with Crippen LogP contribution in [0.2, 0.25) is 0 Å². The Kier molecular flexibility index (Phi) is 8.43. The molecule has 0 unspecified atom stereocenters. The van der Waals surface area contributed by atoms with Gasteiger partial charge in [0.05, 0.1) is 22.2 Å². The van der Waals surface area contributed by atoms with Gasteiger partial charge >= 0.3 is 34.5 Å². The molecule has 0 fully saturated rings. The molecule has 0 spiro atoms. The van der Waals surface area contributed by atoms with Gasteiger partial charge in [-0.15, -0.1) is 0 Å². The molecule has 0 radical (unpaired) electrons. The molecule has 0 aromatic heterocycles. The number of aliphatic imine (C=N–C) groups is 4. The van der Waals surface area contributed by atoms with Crippen LogP contribution in [0.1, 0.15) is 55.4 Å². The second-order valence-electron chi connectivity index (χ2n) is 10.1. The van der Waals surface area contributed by atoms with E-state index in [0.29, 0.717) is 50.0 Å². The van der Waals surface area contributed by atoms with Gasteiger partial charge in [0.2, 0.25) is 0 Å². The summed E-state index contributed by atoms with van der Waals surface area (Å²) in [5.41, 5.74) is -0.580. The summed E-state index contributed by atoms with van der Waals surface area (Å²) in [5, 5.41) is 0. The van der Waals surface area contributed by atoms with Crippen LogP contribution in [0.4, 0.5) is 0 Å². The minimum atomic E-state index is -0.346. The van der Waals surface area contributed by atoms with Crippen LogP contribution < -0.4 is 0 Å². The average Bonchev–Trinajstić information content (AvgIpc) is 3.36. The van der Waals surface area contributed by atoms with E-state index in [1.54, 1.807) is 0 Å². The number of nitrogens with zero attached hydrogens (tertiary/aromatic N) is 4. The number of halogens is 2. The summed E-state index contributed by atoms with van der Waals surface area (Å²) in [7, 11) is 9.71. The molecule has 4 aliphatic heterocycles. The summed E-state index contributed by atoms with van der Waals surface area (Å²) < 4.78 is 21.8. The van der Waals surface area contributed by atoms with E-state index in [-0.39, 0.29) is 37.3 Å². The monoisotopic (exact) mass is 564 g/mol. The van der Waals surface area contributed by atoms with Crippen LogP contribution in [0, 0.1) is 0 Å². The van der Waals surface area contributed by atoms with Gasteiger partial charge in [-0.05, 0) is 55.4 Å². The van der Waals surface area contributed by atoms with Crippen molar-refractivity contribution in [2.24, 2.45) is 20.0 Å². The van der Waals surface area contributed by atoms with E-state index in [4.69, 9.17) is 38.3 Å².